The average molecular weight is 418 g/mol. The van der Waals surface area contributed by atoms with Crippen molar-refractivity contribution >= 4 is 33.0 Å². The Morgan fingerprint density at radius 1 is 1.07 bits per heavy atom. The van der Waals surface area contributed by atoms with Crippen molar-refractivity contribution < 1.29 is 16.2 Å². The summed E-state index contributed by atoms with van der Waals surface area (Å²) in [6.07, 6.45) is 3.77. The fourth-order valence-electron chi connectivity index (χ4n) is 0.726. The Balaban J connectivity index is 3.74. The predicted molar refractivity (Wildman–Crippen MR) is 56.2 cm³/mol. The predicted octanol–water partition coefficient (Wildman–Crippen LogP) is 2.83. The minimum atomic E-state index is -3.21. The molecule has 0 heterocycles. The standard InChI is InChI=1S/C8H19O4P.Bi/c1-3-5-7-11-13(9,10)12-8-6-4-2;/h3-8H2,1-2H3,(H,9,10);/q;+1/p-1. The summed E-state index contributed by atoms with van der Waals surface area (Å²) in [5.41, 5.74) is 0. The zero-order valence-corrected chi connectivity index (χ0v) is 13.1. The van der Waals surface area contributed by atoms with E-state index in [4.69, 9.17) is 11.6 Å². The Bertz CT molecular complexity index is 163. The molecule has 0 aliphatic rings. The maximum absolute atomic E-state index is 11.7. The summed E-state index contributed by atoms with van der Waals surface area (Å²) in [4.78, 5) is 0. The van der Waals surface area contributed by atoms with Crippen molar-refractivity contribution in [2.45, 2.75) is 39.5 Å². The van der Waals surface area contributed by atoms with E-state index in [9.17, 15) is 4.57 Å². The van der Waals surface area contributed by atoms with Crippen LogP contribution in [0.2, 0.25) is 0 Å². The van der Waals surface area contributed by atoms with Gasteiger partial charge < -0.3 is 0 Å². The van der Waals surface area contributed by atoms with E-state index in [0.717, 1.165) is 25.7 Å². The first kappa shape index (κ1) is 15.0. The van der Waals surface area contributed by atoms with E-state index in [2.05, 4.69) is 0 Å². The molecule has 0 N–H and O–H groups in total. The molecule has 0 aliphatic heterocycles. The molecule has 0 saturated heterocycles. The van der Waals surface area contributed by atoms with Crippen molar-refractivity contribution in [2.75, 3.05) is 13.2 Å². The third-order valence-corrected chi connectivity index (χ3v) is 5.12. The van der Waals surface area contributed by atoms with Crippen LogP contribution in [0.3, 0.4) is 0 Å². The third-order valence-electron chi connectivity index (χ3n) is 1.59. The second kappa shape index (κ2) is 9.24. The summed E-state index contributed by atoms with van der Waals surface area (Å²) in [6.45, 7) is 4.98. The van der Waals surface area contributed by atoms with Gasteiger partial charge in [0.1, 0.15) is 0 Å². The van der Waals surface area contributed by atoms with E-state index < -0.39 is 7.82 Å². The van der Waals surface area contributed by atoms with Gasteiger partial charge in [0.25, 0.3) is 0 Å². The van der Waals surface area contributed by atoms with Crippen molar-refractivity contribution in [1.29, 1.82) is 0 Å². The van der Waals surface area contributed by atoms with E-state index >= 15 is 0 Å². The molecule has 0 unspecified atom stereocenters. The van der Waals surface area contributed by atoms with Crippen LogP contribution < -0.4 is 0 Å². The van der Waals surface area contributed by atoms with Crippen LogP contribution >= 0.6 is 7.82 Å². The van der Waals surface area contributed by atoms with Gasteiger partial charge in [-0.1, -0.05) is 0 Å². The van der Waals surface area contributed by atoms with E-state index in [-0.39, 0.29) is 0 Å². The van der Waals surface area contributed by atoms with Gasteiger partial charge in [-0.2, -0.15) is 0 Å². The van der Waals surface area contributed by atoms with E-state index in [1.807, 2.05) is 13.8 Å². The van der Waals surface area contributed by atoms with Crippen LogP contribution in [0.5, 0.6) is 0 Å². The number of hydrogen-bond acceptors (Lipinski definition) is 4. The summed E-state index contributed by atoms with van der Waals surface area (Å²) >= 11 is 0.565. The van der Waals surface area contributed by atoms with Gasteiger partial charge in [-0.05, 0) is 0 Å². The van der Waals surface area contributed by atoms with Crippen LogP contribution in [0.25, 0.3) is 0 Å². The van der Waals surface area contributed by atoms with Crippen molar-refractivity contribution in [3.63, 3.8) is 0 Å². The molecule has 0 spiro atoms. The normalized spacial score (nSPS) is 11.9. The van der Waals surface area contributed by atoms with Gasteiger partial charge >= 0.3 is 102 Å². The first-order valence-electron chi connectivity index (χ1n) is 4.90. The Labute approximate surface area is 102 Å². The SMILES string of the molecule is CCCCOP(=O)([O][Bi])OCCCC. The van der Waals surface area contributed by atoms with Crippen molar-refractivity contribution in [2.24, 2.45) is 0 Å². The fraction of sp³-hybridized carbons (Fsp3) is 1.00. The summed E-state index contributed by atoms with van der Waals surface area (Å²) in [7, 11) is -3.21. The molecule has 4 nitrogen and oxygen atoms in total. The number of phosphoric acid groups is 1. The average Bonchev–Trinajstić information content (AvgIpc) is 2.19. The molecule has 0 saturated carbocycles. The first-order chi connectivity index (χ1) is 6.68. The number of hydrogen-bond donors (Lipinski definition) is 0. The Kier molecular flexibility index (Phi) is 9.89. The fourth-order valence-corrected chi connectivity index (χ4v) is 2.70. The molecule has 0 aromatic carbocycles. The summed E-state index contributed by atoms with van der Waals surface area (Å²) in [5.74, 6) is 0. The van der Waals surface area contributed by atoms with Gasteiger partial charge in [0.2, 0.25) is 0 Å². The zero-order chi connectivity index (χ0) is 10.9. The Morgan fingerprint density at radius 2 is 1.50 bits per heavy atom. The van der Waals surface area contributed by atoms with Crippen molar-refractivity contribution in [3.05, 3.63) is 0 Å². The van der Waals surface area contributed by atoms with Gasteiger partial charge in [-0.3, -0.25) is 0 Å². The second-order valence-corrected chi connectivity index (χ2v) is 6.38. The molecule has 0 aromatic heterocycles. The number of rotatable bonds is 9. The quantitative estimate of drug-likeness (QED) is 0.328. The van der Waals surface area contributed by atoms with Crippen LogP contribution in [0, 0.1) is 0 Å². The van der Waals surface area contributed by atoms with E-state index in [0.29, 0.717) is 38.4 Å². The minimum absolute atomic E-state index is 0.442. The van der Waals surface area contributed by atoms with Crippen LogP contribution in [0.1, 0.15) is 39.5 Å². The van der Waals surface area contributed by atoms with Crippen LogP contribution in [0.4, 0.5) is 0 Å². The topological polar surface area (TPSA) is 44.8 Å². The molecule has 0 atom stereocenters. The van der Waals surface area contributed by atoms with E-state index in [1.165, 1.54) is 0 Å². The molecular weight excluding hydrogens is 400 g/mol. The molecule has 0 amide bonds. The third kappa shape index (κ3) is 7.31. The maximum atomic E-state index is 11.7. The molecule has 84 valence electrons. The van der Waals surface area contributed by atoms with Crippen molar-refractivity contribution in [3.8, 4) is 0 Å². The molecule has 0 fully saturated rings. The monoisotopic (exact) mass is 418 g/mol. The van der Waals surface area contributed by atoms with Crippen LogP contribution in [-0.4, -0.2) is 38.4 Å². The van der Waals surface area contributed by atoms with E-state index in [1.54, 1.807) is 0 Å². The molecule has 2 radical (unpaired) electrons. The molecule has 0 aromatic rings. The Hall–Kier alpha value is 0.993. The molecule has 6 heteroatoms. The molecule has 0 aliphatic carbocycles. The van der Waals surface area contributed by atoms with Gasteiger partial charge in [0.05, 0.1) is 0 Å². The van der Waals surface area contributed by atoms with Gasteiger partial charge in [0, 0.05) is 0 Å². The molecule has 0 rings (SSSR count). The number of unbranched alkanes of at least 4 members (excludes halogenated alkanes) is 2. The van der Waals surface area contributed by atoms with Gasteiger partial charge in [-0.15, -0.1) is 0 Å². The van der Waals surface area contributed by atoms with Crippen LogP contribution in [0.15, 0.2) is 0 Å². The summed E-state index contributed by atoms with van der Waals surface area (Å²) < 4.78 is 26.8. The molecule has 14 heavy (non-hydrogen) atoms. The van der Waals surface area contributed by atoms with Crippen molar-refractivity contribution in [1.82, 2.24) is 0 Å². The summed E-state index contributed by atoms with van der Waals surface area (Å²) in [5, 5.41) is 0. The van der Waals surface area contributed by atoms with Crippen LogP contribution in [-0.2, 0) is 16.2 Å². The summed E-state index contributed by atoms with van der Waals surface area (Å²) in [6, 6.07) is 0. The second-order valence-electron chi connectivity index (χ2n) is 2.90. The molecule has 0 bridgehead atoms. The van der Waals surface area contributed by atoms with Gasteiger partial charge in [0.15, 0.2) is 0 Å². The zero-order valence-electron chi connectivity index (χ0n) is 8.77. The van der Waals surface area contributed by atoms with Gasteiger partial charge in [-0.25, -0.2) is 0 Å². The molecular formula is C8H18BiO4P. The first-order valence-corrected chi connectivity index (χ1v) is 7.78. The Morgan fingerprint density at radius 3 is 1.79 bits per heavy atom. The number of phosphoric ester groups is 1.